The molecule has 0 bridgehead atoms. The van der Waals surface area contributed by atoms with E-state index in [1.165, 1.54) is 5.56 Å². The van der Waals surface area contributed by atoms with Crippen LogP contribution in [0.25, 0.3) is 0 Å². The second-order valence-electron chi connectivity index (χ2n) is 7.64. The van der Waals surface area contributed by atoms with E-state index in [0.29, 0.717) is 25.1 Å². The maximum absolute atomic E-state index is 12.5. The van der Waals surface area contributed by atoms with Crippen LogP contribution in [0.5, 0.6) is 0 Å². The summed E-state index contributed by atoms with van der Waals surface area (Å²) in [6.07, 6.45) is 1.36. The van der Waals surface area contributed by atoms with E-state index in [1.807, 2.05) is 49.4 Å². The van der Waals surface area contributed by atoms with Crippen molar-refractivity contribution in [3.63, 3.8) is 0 Å². The summed E-state index contributed by atoms with van der Waals surface area (Å²) >= 11 is 5.38. The number of hydrogen-bond donors (Lipinski definition) is 2. The number of carbonyl (C=O) groups is 3. The third kappa shape index (κ3) is 6.62. The molecule has 1 atom stereocenters. The normalized spacial score (nSPS) is 15.6. The standard InChI is InChI=1S/C24H27N3O4S/c1-17-9-11-19(12-10-17)22(29)26-24(32)27-14-13-25-23(30)20(27)16-21(28)31-15-5-8-18-6-3-2-4-7-18/h2-4,6-7,9-12,20H,5,8,13-16H2,1H3,(H,25,30)(H,26,29,32). The molecule has 0 saturated carbocycles. The van der Waals surface area contributed by atoms with Crippen LogP contribution in [0.4, 0.5) is 0 Å². The monoisotopic (exact) mass is 453 g/mol. The Labute approximate surface area is 193 Å². The second-order valence-corrected chi connectivity index (χ2v) is 8.03. The van der Waals surface area contributed by atoms with Crippen molar-refractivity contribution in [2.24, 2.45) is 0 Å². The average Bonchev–Trinajstić information content (AvgIpc) is 2.79. The highest BCUT2D eigenvalue weighted by atomic mass is 32.1. The Hall–Kier alpha value is -3.26. The minimum Gasteiger partial charge on any atom is -0.466 e. The predicted molar refractivity (Wildman–Crippen MR) is 125 cm³/mol. The van der Waals surface area contributed by atoms with Crippen LogP contribution in [-0.2, 0) is 20.7 Å². The van der Waals surface area contributed by atoms with Gasteiger partial charge < -0.3 is 15.0 Å². The van der Waals surface area contributed by atoms with Crippen molar-refractivity contribution in [1.29, 1.82) is 0 Å². The minimum atomic E-state index is -0.823. The summed E-state index contributed by atoms with van der Waals surface area (Å²) in [5.74, 6) is -1.15. The lowest BCUT2D eigenvalue weighted by atomic mass is 10.1. The summed E-state index contributed by atoms with van der Waals surface area (Å²) in [7, 11) is 0. The summed E-state index contributed by atoms with van der Waals surface area (Å²) in [6.45, 7) is 2.98. The van der Waals surface area contributed by atoms with E-state index in [2.05, 4.69) is 10.6 Å². The van der Waals surface area contributed by atoms with E-state index in [9.17, 15) is 14.4 Å². The fourth-order valence-electron chi connectivity index (χ4n) is 3.43. The number of benzene rings is 2. The number of esters is 1. The molecule has 1 aliphatic heterocycles. The van der Waals surface area contributed by atoms with Crippen molar-refractivity contribution < 1.29 is 19.1 Å². The first-order chi connectivity index (χ1) is 15.4. The molecule has 2 amide bonds. The van der Waals surface area contributed by atoms with Crippen LogP contribution in [0.15, 0.2) is 54.6 Å². The number of rotatable bonds is 7. The van der Waals surface area contributed by atoms with Gasteiger partial charge in [-0.05, 0) is 49.7 Å². The van der Waals surface area contributed by atoms with Gasteiger partial charge in [0, 0.05) is 18.7 Å². The number of hydrogen-bond acceptors (Lipinski definition) is 5. The van der Waals surface area contributed by atoms with Crippen molar-refractivity contribution in [3.05, 3.63) is 71.3 Å². The first kappa shape index (κ1) is 23.4. The van der Waals surface area contributed by atoms with Gasteiger partial charge in [0.1, 0.15) is 6.04 Å². The fraction of sp³-hybridized carbons (Fsp3) is 0.333. The van der Waals surface area contributed by atoms with Crippen LogP contribution in [0, 0.1) is 6.92 Å². The zero-order valence-electron chi connectivity index (χ0n) is 18.0. The lowest BCUT2D eigenvalue weighted by Gasteiger charge is -2.36. The molecule has 32 heavy (non-hydrogen) atoms. The quantitative estimate of drug-likeness (QED) is 0.380. The molecular formula is C24H27N3O4S. The summed E-state index contributed by atoms with van der Waals surface area (Å²) in [4.78, 5) is 38.8. The van der Waals surface area contributed by atoms with Gasteiger partial charge in [0.25, 0.3) is 5.91 Å². The Bertz CT molecular complexity index is 963. The molecule has 1 saturated heterocycles. The van der Waals surface area contributed by atoms with Gasteiger partial charge in [0.2, 0.25) is 5.91 Å². The molecule has 0 aliphatic carbocycles. The molecular weight excluding hydrogens is 426 g/mol. The van der Waals surface area contributed by atoms with Gasteiger partial charge in [-0.15, -0.1) is 0 Å². The Balaban J connectivity index is 1.51. The molecule has 0 radical (unpaired) electrons. The van der Waals surface area contributed by atoms with Gasteiger partial charge in [0.15, 0.2) is 5.11 Å². The van der Waals surface area contributed by atoms with Gasteiger partial charge in [-0.1, -0.05) is 48.0 Å². The van der Waals surface area contributed by atoms with E-state index in [4.69, 9.17) is 17.0 Å². The molecule has 2 N–H and O–H groups in total. The van der Waals surface area contributed by atoms with Gasteiger partial charge in [-0.3, -0.25) is 19.7 Å². The zero-order chi connectivity index (χ0) is 22.9. The van der Waals surface area contributed by atoms with E-state index in [1.54, 1.807) is 17.0 Å². The second kappa shape index (κ2) is 11.4. The number of nitrogens with one attached hydrogen (secondary N) is 2. The Morgan fingerprint density at radius 2 is 1.88 bits per heavy atom. The Morgan fingerprint density at radius 1 is 1.16 bits per heavy atom. The van der Waals surface area contributed by atoms with Crippen LogP contribution in [0.2, 0.25) is 0 Å². The molecule has 1 unspecified atom stereocenters. The molecule has 0 spiro atoms. The minimum absolute atomic E-state index is 0.118. The highest BCUT2D eigenvalue weighted by Gasteiger charge is 2.34. The summed E-state index contributed by atoms with van der Waals surface area (Å²) in [5, 5.41) is 5.53. The molecule has 1 fully saturated rings. The molecule has 1 heterocycles. The first-order valence-corrected chi connectivity index (χ1v) is 11.0. The van der Waals surface area contributed by atoms with Crippen molar-refractivity contribution in [2.75, 3.05) is 19.7 Å². The van der Waals surface area contributed by atoms with Crippen molar-refractivity contribution in [1.82, 2.24) is 15.5 Å². The largest absolute Gasteiger partial charge is 0.466 e. The highest BCUT2D eigenvalue weighted by Crippen LogP contribution is 2.12. The predicted octanol–water partition coefficient (Wildman–Crippen LogP) is 2.38. The number of carbonyl (C=O) groups excluding carboxylic acids is 3. The molecule has 7 nitrogen and oxygen atoms in total. The summed E-state index contributed by atoms with van der Waals surface area (Å²) < 4.78 is 5.33. The van der Waals surface area contributed by atoms with Crippen LogP contribution < -0.4 is 10.6 Å². The average molecular weight is 454 g/mol. The summed E-state index contributed by atoms with van der Waals surface area (Å²) in [6, 6.07) is 16.2. The van der Waals surface area contributed by atoms with Gasteiger partial charge in [-0.2, -0.15) is 0 Å². The van der Waals surface area contributed by atoms with Crippen LogP contribution in [-0.4, -0.2) is 53.5 Å². The maximum atomic E-state index is 12.5. The fourth-order valence-corrected chi connectivity index (χ4v) is 3.74. The SMILES string of the molecule is Cc1ccc(C(=O)NC(=S)N2CCNC(=O)C2CC(=O)OCCCc2ccccc2)cc1. The van der Waals surface area contributed by atoms with Gasteiger partial charge in [-0.25, -0.2) is 0 Å². The van der Waals surface area contributed by atoms with E-state index < -0.39 is 12.0 Å². The highest BCUT2D eigenvalue weighted by molar-refractivity contribution is 7.80. The molecule has 1 aliphatic rings. The molecule has 2 aromatic rings. The molecule has 8 heteroatoms. The third-order valence-corrected chi connectivity index (χ3v) is 5.54. The maximum Gasteiger partial charge on any atom is 0.308 e. The molecule has 2 aromatic carbocycles. The zero-order valence-corrected chi connectivity index (χ0v) is 18.8. The van der Waals surface area contributed by atoms with Crippen LogP contribution in [0.1, 0.15) is 34.3 Å². The van der Waals surface area contributed by atoms with E-state index in [-0.39, 0.29) is 30.0 Å². The Kier molecular flexibility index (Phi) is 8.33. The van der Waals surface area contributed by atoms with Gasteiger partial charge >= 0.3 is 5.97 Å². The van der Waals surface area contributed by atoms with Crippen molar-refractivity contribution in [3.8, 4) is 0 Å². The number of piperazine rings is 1. The lowest BCUT2D eigenvalue weighted by molar-refractivity contribution is -0.147. The topological polar surface area (TPSA) is 87.7 Å². The number of aryl methyl sites for hydroxylation is 2. The van der Waals surface area contributed by atoms with Crippen LogP contribution in [0.3, 0.4) is 0 Å². The number of nitrogens with zero attached hydrogens (tertiary/aromatic N) is 1. The van der Waals surface area contributed by atoms with Crippen LogP contribution >= 0.6 is 12.2 Å². The van der Waals surface area contributed by atoms with Crippen molar-refractivity contribution in [2.45, 2.75) is 32.2 Å². The number of ether oxygens (including phenoxy) is 1. The Morgan fingerprint density at radius 3 is 2.59 bits per heavy atom. The van der Waals surface area contributed by atoms with E-state index in [0.717, 1.165) is 12.0 Å². The van der Waals surface area contributed by atoms with E-state index >= 15 is 0 Å². The van der Waals surface area contributed by atoms with Gasteiger partial charge in [0.05, 0.1) is 13.0 Å². The molecule has 0 aromatic heterocycles. The van der Waals surface area contributed by atoms with Crippen molar-refractivity contribution >= 4 is 35.1 Å². The molecule has 3 rings (SSSR count). The summed E-state index contributed by atoms with van der Waals surface area (Å²) in [5.41, 5.74) is 2.68. The number of thiocarbonyl (C=S) groups is 1. The third-order valence-electron chi connectivity index (χ3n) is 5.20. The molecule has 168 valence electrons. The lowest BCUT2D eigenvalue weighted by Crippen LogP contribution is -2.60. The number of amides is 2. The first-order valence-electron chi connectivity index (χ1n) is 10.6. The smallest absolute Gasteiger partial charge is 0.308 e.